The van der Waals surface area contributed by atoms with Gasteiger partial charge in [0.05, 0.1) is 5.54 Å². The number of carbonyl (C=O) groups is 3. The van der Waals surface area contributed by atoms with Crippen LogP contribution in [0.15, 0.2) is 104 Å². The molecule has 4 fully saturated rings. The molecule has 1 aromatic carbocycles. The van der Waals surface area contributed by atoms with Crippen LogP contribution in [0, 0.1) is 68.5 Å². The van der Waals surface area contributed by atoms with E-state index in [0.717, 1.165) is 28.7 Å². The van der Waals surface area contributed by atoms with Crippen LogP contribution in [-0.2, 0) is 20.8 Å². The number of nitrogens with zero attached hydrogens (tertiary/aromatic N) is 1. The van der Waals surface area contributed by atoms with E-state index in [-0.39, 0.29) is 74.7 Å². The van der Waals surface area contributed by atoms with Gasteiger partial charge in [0.1, 0.15) is 22.6 Å². The summed E-state index contributed by atoms with van der Waals surface area (Å²) in [5.41, 5.74) is 8.09. The maximum Gasteiger partial charge on any atom is 0.331 e. The number of aliphatic hydroxyl groups is 4. The Morgan fingerprint density at radius 3 is 2.48 bits per heavy atom. The smallest absolute Gasteiger partial charge is 0.331 e. The van der Waals surface area contributed by atoms with E-state index in [0.29, 0.717) is 60.0 Å². The average molecular weight is 930 g/mol. The molecule has 6 bridgehead atoms. The van der Waals surface area contributed by atoms with Gasteiger partial charge in [0.25, 0.3) is 0 Å². The highest BCUT2D eigenvalue weighted by molar-refractivity contribution is 6.03. The highest BCUT2D eigenvalue weighted by atomic mass is 16.4. The molecule has 14 atom stereocenters. The Balaban J connectivity index is 1.21. The zero-order valence-electron chi connectivity index (χ0n) is 40.0. The molecule has 12 aliphatic rings. The lowest BCUT2D eigenvalue weighted by Crippen LogP contribution is -2.73. The van der Waals surface area contributed by atoms with E-state index in [2.05, 4.69) is 56.0 Å². The predicted molar refractivity (Wildman–Crippen MR) is 258 cm³/mol. The minimum atomic E-state index is -1.95. The molecule has 69 heavy (non-hydrogen) atoms. The highest BCUT2D eigenvalue weighted by Crippen LogP contribution is 2.90. The molecular weight excluding hydrogens is 867 g/mol. The number of aliphatic carboxylic acids is 1. The fraction of sp³-hybridized carbons (Fsp3) is 0.552. The number of benzene rings is 1. The molecule has 0 radical (unpaired) electrons. The van der Waals surface area contributed by atoms with E-state index >= 15 is 9.90 Å². The summed E-state index contributed by atoms with van der Waals surface area (Å²) >= 11 is 0. The minimum absolute atomic E-state index is 0.0135. The Labute approximate surface area is 403 Å². The lowest BCUT2D eigenvalue weighted by atomic mass is 9.32. The van der Waals surface area contributed by atoms with Crippen molar-refractivity contribution in [2.24, 2.45) is 73.1 Å². The molecule has 0 saturated heterocycles. The van der Waals surface area contributed by atoms with Gasteiger partial charge in [-0.05, 0) is 127 Å². The Morgan fingerprint density at radius 2 is 1.72 bits per heavy atom. The predicted octanol–water partition coefficient (Wildman–Crippen LogP) is 6.27. The molecule has 2 spiro atoms. The summed E-state index contributed by atoms with van der Waals surface area (Å²) in [6.45, 7) is 7.57. The van der Waals surface area contributed by atoms with Gasteiger partial charge in [0.2, 0.25) is 0 Å². The van der Waals surface area contributed by atoms with E-state index in [1.807, 2.05) is 31.2 Å². The average Bonchev–Trinajstić information content (AvgIpc) is 3.75. The molecule has 9 N–H and O–H groups in total. The number of Topliss-reactive ketones (excluding diaryl/α,β-unsaturated/α-hetero) is 2. The van der Waals surface area contributed by atoms with Crippen molar-refractivity contribution >= 4 is 29.6 Å². The van der Waals surface area contributed by atoms with Crippen LogP contribution in [0.1, 0.15) is 116 Å². The fourth-order valence-electron chi connectivity index (χ4n) is 20.0. The van der Waals surface area contributed by atoms with Crippen LogP contribution in [-0.4, -0.2) is 78.0 Å². The van der Waals surface area contributed by atoms with Crippen LogP contribution in [0.5, 0.6) is 0 Å². The molecule has 12 aliphatic carbocycles. The third kappa shape index (κ3) is 4.49. The second kappa shape index (κ2) is 13.2. The number of ketones is 2. The van der Waals surface area contributed by atoms with Crippen molar-refractivity contribution in [3.63, 3.8) is 0 Å². The van der Waals surface area contributed by atoms with E-state index in [1.165, 1.54) is 12.5 Å². The Bertz CT molecular complexity index is 3040. The molecule has 13 rings (SSSR count). The third-order valence-electron chi connectivity index (χ3n) is 21.9. The van der Waals surface area contributed by atoms with Crippen LogP contribution in [0.25, 0.3) is 6.08 Å². The number of carboxylic acid groups (broad SMARTS) is 1. The maximum absolute atomic E-state index is 16.5. The number of fused-ring (bicyclic) bond motifs is 3. The molecule has 11 heteroatoms. The Kier molecular flexibility index (Phi) is 8.41. The molecule has 14 unspecified atom stereocenters. The van der Waals surface area contributed by atoms with Gasteiger partial charge in [-0.15, -0.1) is 11.8 Å². The molecule has 0 amide bonds. The summed E-state index contributed by atoms with van der Waals surface area (Å²) in [5, 5.41) is 66.8. The first-order valence-corrected chi connectivity index (χ1v) is 25.5. The zero-order valence-corrected chi connectivity index (χ0v) is 40.0. The number of rotatable bonds is 5. The summed E-state index contributed by atoms with van der Waals surface area (Å²) in [6, 6.07) is 8.35. The van der Waals surface area contributed by atoms with Crippen molar-refractivity contribution in [3.8, 4) is 11.8 Å². The summed E-state index contributed by atoms with van der Waals surface area (Å²) in [4.78, 5) is 49.5. The standard InChI is InChI=1S/C58H63N3O8/c1-30(48(65)66)36-16-22-53(61-49(59)60)23-24-54-38(18-25-62)44(53)57(36,68)37-15-14-33-27-35-28-55(67)42(34-13-12-31-10-6-7-11-32(31)26-34)46-50(2)19-8-5-9-20-56(58(35,69)45(54)41(33)37)47(55)43(39(63)29-52(54,56)4)51(46,3)21-17-40(50)64/h6-7,10-11,15,23-24,26,28,38,42,44-46,62,67-69H,9,12-14,16-22,25,27,29H2,1-4H3,(H,65,66)(H4,59,60,61). The zero-order chi connectivity index (χ0) is 48.4. The summed E-state index contributed by atoms with van der Waals surface area (Å²) < 4.78 is 0. The maximum atomic E-state index is 16.5. The molecule has 4 saturated carbocycles. The van der Waals surface area contributed by atoms with E-state index in [4.69, 9.17) is 16.5 Å². The Morgan fingerprint density at radius 1 is 0.942 bits per heavy atom. The van der Waals surface area contributed by atoms with Crippen molar-refractivity contribution in [3.05, 3.63) is 110 Å². The SMILES string of the molecule is CC(C(=O)O)=C1CCC2(N=C(N)N)C=CC34C(CCO)C2C1(O)C1=CCC2=C1C3C1(O)C(=CC3(O)C5=C6C(=O)CC4(C)C51CCC#CCC1(C)C(=O)CCC6(C)C1C3C1=Cc3ccccc3CC1)C2. The number of aliphatic hydroxyl groups excluding tert-OH is 1. The lowest BCUT2D eigenvalue weighted by Gasteiger charge is -2.71. The first kappa shape index (κ1) is 43.9. The van der Waals surface area contributed by atoms with Crippen LogP contribution >= 0.6 is 0 Å². The first-order valence-electron chi connectivity index (χ1n) is 25.5. The van der Waals surface area contributed by atoms with Gasteiger partial charge in [-0.1, -0.05) is 80.5 Å². The van der Waals surface area contributed by atoms with Gasteiger partial charge in [0, 0.05) is 82.9 Å². The van der Waals surface area contributed by atoms with Crippen LogP contribution in [0.4, 0.5) is 0 Å². The van der Waals surface area contributed by atoms with Gasteiger partial charge in [-0.25, -0.2) is 9.79 Å². The van der Waals surface area contributed by atoms with E-state index in [1.54, 1.807) is 0 Å². The van der Waals surface area contributed by atoms with E-state index < -0.39 is 85.0 Å². The van der Waals surface area contributed by atoms with Gasteiger partial charge in [0.15, 0.2) is 11.7 Å². The fourth-order valence-corrected chi connectivity index (χ4v) is 20.0. The normalized spacial score (nSPS) is 47.2. The van der Waals surface area contributed by atoms with Crippen molar-refractivity contribution in [1.82, 2.24) is 0 Å². The molecule has 11 nitrogen and oxygen atoms in total. The quantitative estimate of drug-likeness (QED) is 0.0578. The van der Waals surface area contributed by atoms with Crippen molar-refractivity contribution in [2.45, 2.75) is 134 Å². The van der Waals surface area contributed by atoms with Crippen molar-refractivity contribution in [2.75, 3.05) is 6.61 Å². The monoisotopic (exact) mass is 929 g/mol. The number of allylic oxidation sites excluding steroid dienone is 4. The van der Waals surface area contributed by atoms with Crippen LogP contribution in [0.2, 0.25) is 0 Å². The second-order valence-corrected chi connectivity index (χ2v) is 24.0. The number of carboxylic acids is 1. The topological polar surface area (TPSA) is 217 Å². The number of hydrogen-bond donors (Lipinski definition) is 7. The second-order valence-electron chi connectivity index (χ2n) is 24.0. The number of hydrogen-bond acceptors (Lipinski definition) is 8. The lowest BCUT2D eigenvalue weighted by molar-refractivity contribution is -0.175. The molecule has 0 aromatic heterocycles. The number of guanidine groups is 1. The summed E-state index contributed by atoms with van der Waals surface area (Å²) in [6.07, 6.45) is 14.6. The largest absolute Gasteiger partial charge is 0.478 e. The van der Waals surface area contributed by atoms with Gasteiger partial charge in [-0.2, -0.15) is 0 Å². The van der Waals surface area contributed by atoms with Crippen LogP contribution in [0.3, 0.4) is 0 Å². The molecule has 358 valence electrons. The van der Waals surface area contributed by atoms with Crippen molar-refractivity contribution < 1.29 is 39.9 Å². The number of carbonyl (C=O) groups excluding carboxylic acids is 2. The summed E-state index contributed by atoms with van der Waals surface area (Å²) in [5.74, 6) is 2.06. The third-order valence-corrected chi connectivity index (χ3v) is 21.9. The van der Waals surface area contributed by atoms with Crippen molar-refractivity contribution in [1.29, 1.82) is 0 Å². The molecular formula is C58H63N3O8. The molecule has 0 heterocycles. The van der Waals surface area contributed by atoms with Crippen LogP contribution < -0.4 is 11.5 Å². The number of nitrogens with two attached hydrogens (primary N) is 2. The van der Waals surface area contributed by atoms with E-state index in [9.17, 15) is 30.0 Å². The number of aliphatic imine (C=N–C) groups is 1. The Hall–Kier alpha value is -5.12. The summed E-state index contributed by atoms with van der Waals surface area (Å²) in [7, 11) is 0. The molecule has 1 aromatic rings. The first-order chi connectivity index (χ1) is 32.7. The molecule has 0 aliphatic heterocycles. The number of aryl methyl sites for hydroxylation is 1. The van der Waals surface area contributed by atoms with Gasteiger partial charge >= 0.3 is 5.97 Å². The van der Waals surface area contributed by atoms with Gasteiger partial charge < -0.3 is 37.0 Å². The highest BCUT2D eigenvalue weighted by Gasteiger charge is 2.91. The van der Waals surface area contributed by atoms with Gasteiger partial charge in [-0.3, -0.25) is 9.59 Å². The minimum Gasteiger partial charge on any atom is -0.478 e.